The van der Waals surface area contributed by atoms with E-state index in [0.717, 1.165) is 24.2 Å². The lowest BCUT2D eigenvalue weighted by molar-refractivity contribution is 0.0752. The van der Waals surface area contributed by atoms with Crippen molar-refractivity contribution in [2.45, 2.75) is 36.9 Å². The van der Waals surface area contributed by atoms with Gasteiger partial charge >= 0.3 is 0 Å². The number of nitrogens with two attached hydrogens (primary N) is 1. The lowest BCUT2D eigenvalue weighted by Gasteiger charge is -2.20. The molecule has 0 spiro atoms. The highest BCUT2D eigenvalue weighted by Gasteiger charge is 2.33. The van der Waals surface area contributed by atoms with Crippen LogP contribution in [0.25, 0.3) is 0 Å². The average molecular weight is 288 g/mol. The van der Waals surface area contributed by atoms with Gasteiger partial charge in [0.1, 0.15) is 4.21 Å². The summed E-state index contributed by atoms with van der Waals surface area (Å²) in [5.74, 6) is -0.0938. The molecule has 1 aromatic rings. The maximum atomic E-state index is 12.3. The van der Waals surface area contributed by atoms with Crippen molar-refractivity contribution in [3.05, 3.63) is 16.5 Å². The van der Waals surface area contributed by atoms with Gasteiger partial charge in [0.2, 0.25) is 10.0 Å². The molecule has 1 heterocycles. The molecule has 0 aliphatic heterocycles. The molecule has 0 atom stereocenters. The van der Waals surface area contributed by atoms with Crippen LogP contribution < -0.4 is 5.14 Å². The van der Waals surface area contributed by atoms with E-state index in [4.69, 9.17) is 5.14 Å². The fourth-order valence-corrected chi connectivity index (χ4v) is 4.01. The Balaban J connectivity index is 2.34. The van der Waals surface area contributed by atoms with E-state index >= 15 is 0 Å². The van der Waals surface area contributed by atoms with E-state index in [-0.39, 0.29) is 10.1 Å². The van der Waals surface area contributed by atoms with Crippen molar-refractivity contribution in [1.82, 2.24) is 4.90 Å². The third kappa shape index (κ3) is 2.43. The molecule has 1 fully saturated rings. The number of rotatable bonds is 4. The zero-order chi connectivity index (χ0) is 13.5. The normalized spacial score (nSPS) is 15.7. The molecule has 0 radical (unpaired) electrons. The Morgan fingerprint density at radius 3 is 2.56 bits per heavy atom. The molecule has 1 aliphatic rings. The Kier molecular flexibility index (Phi) is 3.48. The quantitative estimate of drug-likeness (QED) is 0.907. The minimum atomic E-state index is -3.74. The van der Waals surface area contributed by atoms with Gasteiger partial charge in [-0.25, -0.2) is 13.6 Å². The van der Waals surface area contributed by atoms with E-state index in [1.807, 2.05) is 6.92 Å². The molecule has 0 unspecified atom stereocenters. The van der Waals surface area contributed by atoms with Crippen molar-refractivity contribution in [3.63, 3.8) is 0 Å². The molecule has 18 heavy (non-hydrogen) atoms. The van der Waals surface area contributed by atoms with Gasteiger partial charge < -0.3 is 4.90 Å². The number of thiophene rings is 1. The Bertz CT molecular complexity index is 573. The summed E-state index contributed by atoms with van der Waals surface area (Å²) in [4.78, 5) is 14.1. The first-order valence-electron chi connectivity index (χ1n) is 5.78. The second-order valence-electron chi connectivity index (χ2n) is 4.43. The van der Waals surface area contributed by atoms with Crippen molar-refractivity contribution in [3.8, 4) is 0 Å². The molecule has 1 aromatic heterocycles. The summed E-state index contributed by atoms with van der Waals surface area (Å²) in [6.45, 7) is 4.20. The molecule has 2 N–H and O–H groups in total. The third-order valence-electron chi connectivity index (χ3n) is 3.07. The molecule has 100 valence electrons. The topological polar surface area (TPSA) is 80.5 Å². The summed E-state index contributed by atoms with van der Waals surface area (Å²) >= 11 is 1.01. The van der Waals surface area contributed by atoms with Crippen LogP contribution in [0.1, 0.15) is 35.7 Å². The first-order chi connectivity index (χ1) is 8.36. The van der Waals surface area contributed by atoms with Crippen LogP contribution in [0.3, 0.4) is 0 Å². The minimum absolute atomic E-state index is 0.0812. The number of carbonyl (C=O) groups is 1. The Morgan fingerprint density at radius 2 is 2.17 bits per heavy atom. The molecule has 2 rings (SSSR count). The van der Waals surface area contributed by atoms with Crippen LogP contribution in [-0.4, -0.2) is 31.8 Å². The Labute approximate surface area is 111 Å². The van der Waals surface area contributed by atoms with E-state index in [9.17, 15) is 13.2 Å². The Hall–Kier alpha value is -0.920. The number of nitrogens with zero attached hydrogens (tertiary/aromatic N) is 1. The summed E-state index contributed by atoms with van der Waals surface area (Å²) in [5, 5.41) is 6.70. The lowest BCUT2D eigenvalue weighted by Crippen LogP contribution is -2.33. The Morgan fingerprint density at radius 1 is 1.56 bits per heavy atom. The summed E-state index contributed by atoms with van der Waals surface area (Å²) in [6.07, 6.45) is 2.07. The van der Waals surface area contributed by atoms with Gasteiger partial charge in [-0.3, -0.25) is 4.79 Å². The molecule has 7 heteroatoms. The molecule has 0 saturated heterocycles. The van der Waals surface area contributed by atoms with Gasteiger partial charge in [0.05, 0.1) is 5.56 Å². The maximum absolute atomic E-state index is 12.3. The molecular formula is C11H16N2O3S2. The van der Waals surface area contributed by atoms with E-state index < -0.39 is 10.0 Å². The zero-order valence-electron chi connectivity index (χ0n) is 10.3. The lowest BCUT2D eigenvalue weighted by atomic mass is 10.2. The maximum Gasteiger partial charge on any atom is 0.255 e. The van der Waals surface area contributed by atoms with Gasteiger partial charge in [-0.1, -0.05) is 0 Å². The van der Waals surface area contributed by atoms with Crippen molar-refractivity contribution in [2.75, 3.05) is 6.54 Å². The fraction of sp³-hybridized carbons (Fsp3) is 0.545. The second kappa shape index (κ2) is 4.64. The van der Waals surface area contributed by atoms with Gasteiger partial charge in [-0.05, 0) is 32.3 Å². The van der Waals surface area contributed by atoms with Gasteiger partial charge in [-0.15, -0.1) is 11.3 Å². The molecule has 1 amide bonds. The number of sulfonamides is 1. The highest BCUT2D eigenvalue weighted by molar-refractivity contribution is 7.91. The van der Waals surface area contributed by atoms with Crippen LogP contribution in [0.5, 0.6) is 0 Å². The summed E-state index contributed by atoms with van der Waals surface area (Å²) in [7, 11) is -3.74. The molecule has 1 saturated carbocycles. The summed E-state index contributed by atoms with van der Waals surface area (Å²) in [6, 6.07) is 0.319. The van der Waals surface area contributed by atoms with Gasteiger partial charge in [-0.2, -0.15) is 0 Å². The number of hydrogen-bond acceptors (Lipinski definition) is 4. The molecular weight excluding hydrogens is 272 g/mol. The fourth-order valence-electron chi connectivity index (χ4n) is 2.00. The first-order valence-corrected chi connectivity index (χ1v) is 8.20. The number of primary sulfonamides is 1. The van der Waals surface area contributed by atoms with Crippen LogP contribution in [0.2, 0.25) is 0 Å². The second-order valence-corrected chi connectivity index (χ2v) is 7.07. The molecule has 0 aromatic carbocycles. The first kappa shape index (κ1) is 13.5. The average Bonchev–Trinajstić information content (AvgIpc) is 3.00. The van der Waals surface area contributed by atoms with E-state index in [0.29, 0.717) is 23.7 Å². The third-order valence-corrected chi connectivity index (χ3v) is 5.75. The molecule has 1 aliphatic carbocycles. The van der Waals surface area contributed by atoms with Crippen molar-refractivity contribution < 1.29 is 13.2 Å². The van der Waals surface area contributed by atoms with Crippen LogP contribution in [-0.2, 0) is 10.0 Å². The van der Waals surface area contributed by atoms with Crippen molar-refractivity contribution in [2.24, 2.45) is 5.14 Å². The van der Waals surface area contributed by atoms with Gasteiger partial charge in [0.15, 0.2) is 0 Å². The molecule has 5 nitrogen and oxygen atoms in total. The number of hydrogen-bond donors (Lipinski definition) is 1. The minimum Gasteiger partial charge on any atom is -0.336 e. The van der Waals surface area contributed by atoms with Crippen LogP contribution in [0.15, 0.2) is 9.59 Å². The van der Waals surface area contributed by atoms with Crippen LogP contribution >= 0.6 is 11.3 Å². The largest absolute Gasteiger partial charge is 0.336 e. The van der Waals surface area contributed by atoms with Gasteiger partial charge in [0.25, 0.3) is 5.91 Å². The SMILES string of the molecule is CCN(C(=O)c1csc(S(N)(=O)=O)c1C)C1CC1. The highest BCUT2D eigenvalue weighted by atomic mass is 32.2. The predicted molar refractivity (Wildman–Crippen MR) is 70.2 cm³/mol. The summed E-state index contributed by atoms with van der Waals surface area (Å²) in [5.41, 5.74) is 0.921. The van der Waals surface area contributed by atoms with Crippen LogP contribution in [0.4, 0.5) is 0 Å². The van der Waals surface area contributed by atoms with Crippen LogP contribution in [0, 0.1) is 6.92 Å². The zero-order valence-corrected chi connectivity index (χ0v) is 12.0. The van der Waals surface area contributed by atoms with Crippen molar-refractivity contribution in [1.29, 1.82) is 0 Å². The van der Waals surface area contributed by atoms with E-state index in [2.05, 4.69) is 0 Å². The smallest absolute Gasteiger partial charge is 0.255 e. The highest BCUT2D eigenvalue weighted by Crippen LogP contribution is 2.31. The van der Waals surface area contributed by atoms with E-state index in [1.165, 1.54) is 0 Å². The van der Waals surface area contributed by atoms with Gasteiger partial charge in [0, 0.05) is 18.0 Å². The molecule has 0 bridgehead atoms. The number of amides is 1. The monoisotopic (exact) mass is 288 g/mol. The summed E-state index contributed by atoms with van der Waals surface area (Å²) < 4.78 is 22.8. The number of carbonyl (C=O) groups excluding carboxylic acids is 1. The standard InChI is InChI=1S/C11H16N2O3S2/c1-3-13(8-4-5-8)10(14)9-6-17-11(7(9)2)18(12,15)16/h6,8H,3-5H2,1-2H3,(H2,12,15,16). The van der Waals surface area contributed by atoms with E-state index in [1.54, 1.807) is 17.2 Å². The predicted octanol–water partition coefficient (Wildman–Crippen LogP) is 1.33. The van der Waals surface area contributed by atoms with Crippen molar-refractivity contribution >= 4 is 27.3 Å².